The molecule has 3 N–H and O–H groups in total. The van der Waals surface area contributed by atoms with Crippen molar-refractivity contribution < 1.29 is 4.79 Å². The Morgan fingerprint density at radius 2 is 2.15 bits per heavy atom. The van der Waals surface area contributed by atoms with Crippen molar-refractivity contribution in [1.29, 1.82) is 0 Å². The van der Waals surface area contributed by atoms with Gasteiger partial charge >= 0.3 is 0 Å². The molecule has 0 bridgehead atoms. The highest BCUT2D eigenvalue weighted by Crippen LogP contribution is 2.27. The minimum atomic E-state index is -0.0272. The molecule has 3 rings (SSSR count). The molecule has 1 fully saturated rings. The van der Waals surface area contributed by atoms with Crippen molar-refractivity contribution in [3.63, 3.8) is 0 Å². The number of aromatic nitrogens is 2. The highest BCUT2D eigenvalue weighted by atomic mass is 35.5. The number of halogens is 1. The summed E-state index contributed by atoms with van der Waals surface area (Å²) in [6.07, 6.45) is 6.00. The molecule has 1 unspecified atom stereocenters. The molecule has 1 atom stereocenters. The fraction of sp³-hybridized carbons (Fsp3) is 0.714. The maximum absolute atomic E-state index is 12.3. The molecule has 2 heterocycles. The van der Waals surface area contributed by atoms with Crippen LogP contribution >= 0.6 is 12.4 Å². The third kappa shape index (κ3) is 2.99. The first-order valence-electron chi connectivity index (χ1n) is 7.33. The van der Waals surface area contributed by atoms with E-state index in [1.54, 1.807) is 0 Å². The maximum atomic E-state index is 12.3. The van der Waals surface area contributed by atoms with Crippen molar-refractivity contribution in [1.82, 2.24) is 20.8 Å². The van der Waals surface area contributed by atoms with Gasteiger partial charge in [0.25, 0.3) is 5.91 Å². The highest BCUT2D eigenvalue weighted by Gasteiger charge is 2.26. The van der Waals surface area contributed by atoms with E-state index in [1.807, 2.05) is 0 Å². The summed E-state index contributed by atoms with van der Waals surface area (Å²) in [4.78, 5) is 12.3. The zero-order valence-corrected chi connectivity index (χ0v) is 12.7. The predicted molar refractivity (Wildman–Crippen MR) is 80.1 cm³/mol. The fourth-order valence-electron chi connectivity index (χ4n) is 3.26. The number of amides is 1. The number of nitrogens with one attached hydrogen (secondary N) is 3. The van der Waals surface area contributed by atoms with Crippen LogP contribution in [-0.2, 0) is 13.0 Å². The second-order valence-corrected chi connectivity index (χ2v) is 5.76. The van der Waals surface area contributed by atoms with Gasteiger partial charge in [-0.3, -0.25) is 9.89 Å². The first kappa shape index (κ1) is 15.3. The Labute approximate surface area is 125 Å². The summed E-state index contributed by atoms with van der Waals surface area (Å²) in [7, 11) is 0. The Morgan fingerprint density at radius 1 is 1.40 bits per heavy atom. The number of carbonyl (C=O) groups excluding carboxylic acids is 1. The zero-order valence-electron chi connectivity index (χ0n) is 11.9. The van der Waals surface area contributed by atoms with Gasteiger partial charge in [-0.1, -0.05) is 12.8 Å². The molecular formula is C14H23ClN4O. The lowest BCUT2D eigenvalue weighted by Crippen LogP contribution is -2.38. The number of carbonyl (C=O) groups is 1. The smallest absolute Gasteiger partial charge is 0.272 e. The van der Waals surface area contributed by atoms with Gasteiger partial charge in [0.2, 0.25) is 0 Å². The molecule has 1 aromatic heterocycles. The minimum Gasteiger partial charge on any atom is -0.348 e. The number of rotatable bonds is 3. The molecule has 0 aromatic carbocycles. The Morgan fingerprint density at radius 3 is 2.90 bits per heavy atom. The van der Waals surface area contributed by atoms with Gasteiger partial charge in [0.1, 0.15) is 0 Å². The SMILES string of the molecule is CC(NC(=O)c1n[nH]c2c1CNCC2)C1CCCC1.Cl. The average molecular weight is 299 g/mol. The van der Waals surface area contributed by atoms with Crippen LogP contribution in [0.2, 0.25) is 0 Å². The number of hydrogen-bond donors (Lipinski definition) is 3. The third-order valence-electron chi connectivity index (χ3n) is 4.49. The van der Waals surface area contributed by atoms with Gasteiger partial charge in [0, 0.05) is 36.8 Å². The predicted octanol–water partition coefficient (Wildman–Crippen LogP) is 1.79. The van der Waals surface area contributed by atoms with E-state index in [4.69, 9.17) is 0 Å². The maximum Gasteiger partial charge on any atom is 0.272 e. The Kier molecular flexibility index (Phi) is 5.05. The van der Waals surface area contributed by atoms with Gasteiger partial charge in [-0.05, 0) is 25.7 Å². The topological polar surface area (TPSA) is 69.8 Å². The molecule has 1 aromatic rings. The van der Waals surface area contributed by atoms with Gasteiger partial charge in [0.15, 0.2) is 5.69 Å². The standard InChI is InChI=1S/C14H22N4O.ClH/c1-9(10-4-2-3-5-10)16-14(19)13-11-8-15-7-6-12(11)17-18-13;/h9-10,15H,2-8H2,1H3,(H,16,19)(H,17,18);1H. The normalized spacial score (nSPS) is 20.1. The molecule has 2 aliphatic rings. The van der Waals surface area contributed by atoms with Crippen LogP contribution in [0, 0.1) is 5.92 Å². The minimum absolute atomic E-state index is 0. The van der Waals surface area contributed by atoms with Crippen LogP contribution in [0.4, 0.5) is 0 Å². The van der Waals surface area contributed by atoms with Gasteiger partial charge in [0.05, 0.1) is 0 Å². The highest BCUT2D eigenvalue weighted by molar-refractivity contribution is 5.94. The molecule has 0 radical (unpaired) electrons. The Balaban J connectivity index is 0.00000147. The molecule has 1 aliphatic heterocycles. The third-order valence-corrected chi connectivity index (χ3v) is 4.49. The zero-order chi connectivity index (χ0) is 13.2. The number of H-pyrrole nitrogens is 1. The van der Waals surface area contributed by atoms with Gasteiger partial charge in [-0.25, -0.2) is 0 Å². The fourth-order valence-corrected chi connectivity index (χ4v) is 3.26. The van der Waals surface area contributed by atoms with Gasteiger partial charge in [-0.15, -0.1) is 12.4 Å². The monoisotopic (exact) mass is 298 g/mol. The van der Waals surface area contributed by atoms with Gasteiger partial charge < -0.3 is 10.6 Å². The lowest BCUT2D eigenvalue weighted by molar-refractivity contribution is 0.0921. The summed E-state index contributed by atoms with van der Waals surface area (Å²) in [6.45, 7) is 3.81. The van der Waals surface area contributed by atoms with Crippen molar-refractivity contribution in [3.05, 3.63) is 17.0 Å². The molecule has 6 heteroatoms. The Hall–Kier alpha value is -1.07. The first-order chi connectivity index (χ1) is 9.25. The van der Waals surface area contributed by atoms with E-state index >= 15 is 0 Å². The molecule has 5 nitrogen and oxygen atoms in total. The van der Waals surface area contributed by atoms with Crippen molar-refractivity contribution in [2.45, 2.75) is 51.6 Å². The largest absolute Gasteiger partial charge is 0.348 e. The molecule has 20 heavy (non-hydrogen) atoms. The van der Waals surface area contributed by atoms with E-state index in [1.165, 1.54) is 25.7 Å². The molecule has 1 aliphatic carbocycles. The molecule has 0 saturated heterocycles. The van der Waals surface area contributed by atoms with Crippen LogP contribution < -0.4 is 10.6 Å². The van der Waals surface area contributed by atoms with E-state index in [0.29, 0.717) is 11.6 Å². The summed E-state index contributed by atoms with van der Waals surface area (Å²) in [5.74, 6) is 0.609. The van der Waals surface area contributed by atoms with Crippen LogP contribution in [0.1, 0.15) is 54.4 Å². The van der Waals surface area contributed by atoms with Crippen LogP contribution in [0.25, 0.3) is 0 Å². The van der Waals surface area contributed by atoms with Crippen molar-refractivity contribution in [2.75, 3.05) is 6.54 Å². The number of aromatic amines is 1. The van der Waals surface area contributed by atoms with Gasteiger partial charge in [-0.2, -0.15) is 5.10 Å². The summed E-state index contributed by atoms with van der Waals surface area (Å²) in [5, 5.41) is 13.6. The summed E-state index contributed by atoms with van der Waals surface area (Å²) in [5.41, 5.74) is 2.73. The number of nitrogens with zero attached hydrogens (tertiary/aromatic N) is 1. The second kappa shape index (κ2) is 6.59. The lowest BCUT2D eigenvalue weighted by Gasteiger charge is -2.20. The summed E-state index contributed by atoms with van der Waals surface area (Å²) < 4.78 is 0. The number of hydrogen-bond acceptors (Lipinski definition) is 3. The van der Waals surface area contributed by atoms with Crippen LogP contribution in [0.3, 0.4) is 0 Å². The van der Waals surface area contributed by atoms with E-state index in [0.717, 1.165) is 30.8 Å². The molecule has 1 amide bonds. The van der Waals surface area contributed by atoms with E-state index in [9.17, 15) is 4.79 Å². The summed E-state index contributed by atoms with van der Waals surface area (Å²) in [6, 6.07) is 0.249. The Bertz CT molecular complexity index is 468. The molecular weight excluding hydrogens is 276 g/mol. The van der Waals surface area contributed by atoms with E-state index < -0.39 is 0 Å². The lowest BCUT2D eigenvalue weighted by atomic mass is 9.99. The average Bonchev–Trinajstić information content (AvgIpc) is 3.08. The van der Waals surface area contributed by atoms with Crippen LogP contribution in [0.5, 0.6) is 0 Å². The summed E-state index contributed by atoms with van der Waals surface area (Å²) >= 11 is 0. The quantitative estimate of drug-likeness (QED) is 0.797. The molecule has 0 spiro atoms. The van der Waals surface area contributed by atoms with E-state index in [-0.39, 0.29) is 24.4 Å². The van der Waals surface area contributed by atoms with Crippen LogP contribution in [0.15, 0.2) is 0 Å². The number of fused-ring (bicyclic) bond motifs is 1. The molecule has 1 saturated carbocycles. The van der Waals surface area contributed by atoms with Crippen molar-refractivity contribution in [3.8, 4) is 0 Å². The molecule has 112 valence electrons. The van der Waals surface area contributed by atoms with Crippen LogP contribution in [-0.4, -0.2) is 28.7 Å². The second-order valence-electron chi connectivity index (χ2n) is 5.76. The van der Waals surface area contributed by atoms with Crippen molar-refractivity contribution >= 4 is 18.3 Å². The first-order valence-corrected chi connectivity index (χ1v) is 7.33. The van der Waals surface area contributed by atoms with Crippen molar-refractivity contribution in [2.24, 2.45) is 5.92 Å². The van der Waals surface area contributed by atoms with E-state index in [2.05, 4.69) is 27.8 Å².